The fraction of sp³-hybridized carbons (Fsp3) is 0.0909. The molecule has 0 atom stereocenters. The van der Waals surface area contributed by atoms with Crippen LogP contribution in [0.2, 0.25) is 0 Å². The van der Waals surface area contributed by atoms with Crippen LogP contribution < -0.4 is 10.2 Å². The van der Waals surface area contributed by atoms with Gasteiger partial charge in [-0.1, -0.05) is 24.3 Å². The Labute approximate surface area is 166 Å². The molecule has 29 heavy (non-hydrogen) atoms. The largest absolute Gasteiger partial charge is 0.322 e. The summed E-state index contributed by atoms with van der Waals surface area (Å²) in [5.74, 6) is -0.406. The second-order valence-electron chi connectivity index (χ2n) is 6.58. The molecule has 0 aromatic heterocycles. The Morgan fingerprint density at radius 2 is 1.97 bits per heavy atom. The van der Waals surface area contributed by atoms with Gasteiger partial charge in [-0.2, -0.15) is 0 Å². The maximum atomic E-state index is 12.6. The number of anilines is 2. The quantitative estimate of drug-likeness (QED) is 0.399. The molecule has 144 valence electrons. The lowest BCUT2D eigenvalue weighted by atomic mass is 10.0. The molecule has 0 bridgehead atoms. The number of hydrogen-bond donors (Lipinski definition) is 1. The van der Waals surface area contributed by atoms with E-state index in [4.69, 9.17) is 0 Å². The lowest BCUT2D eigenvalue weighted by Crippen LogP contribution is -2.25. The fourth-order valence-electron chi connectivity index (χ4n) is 3.56. The second kappa shape index (κ2) is 7.20. The number of nitrogens with zero attached hydrogens (tertiary/aromatic N) is 2. The molecule has 7 heteroatoms. The minimum atomic E-state index is -0.481. The van der Waals surface area contributed by atoms with Crippen LogP contribution in [0.25, 0.3) is 16.8 Å². The molecule has 1 N–H and O–H groups in total. The Kier molecular flexibility index (Phi) is 4.56. The predicted octanol–water partition coefficient (Wildman–Crippen LogP) is 4.38. The van der Waals surface area contributed by atoms with Gasteiger partial charge in [-0.05, 0) is 36.8 Å². The topological polar surface area (TPSA) is 92.6 Å². The van der Waals surface area contributed by atoms with Crippen LogP contribution in [0, 0.1) is 10.1 Å². The Morgan fingerprint density at radius 3 is 2.72 bits per heavy atom. The van der Waals surface area contributed by atoms with Gasteiger partial charge in [0.2, 0.25) is 5.91 Å². The van der Waals surface area contributed by atoms with Crippen LogP contribution in [-0.4, -0.2) is 23.3 Å². The normalized spacial score (nSPS) is 12.7. The van der Waals surface area contributed by atoms with E-state index < -0.39 is 4.92 Å². The zero-order chi connectivity index (χ0) is 20.5. The highest BCUT2D eigenvalue weighted by atomic mass is 16.6. The summed E-state index contributed by atoms with van der Waals surface area (Å²) < 4.78 is 0. The van der Waals surface area contributed by atoms with Gasteiger partial charge in [0.05, 0.1) is 10.6 Å². The van der Waals surface area contributed by atoms with Gasteiger partial charge < -0.3 is 10.2 Å². The Hall–Kier alpha value is -4.00. The number of carbonyl (C=O) groups excluding carboxylic acids is 2. The molecule has 0 saturated carbocycles. The highest BCUT2D eigenvalue weighted by Crippen LogP contribution is 2.40. The van der Waals surface area contributed by atoms with Crippen molar-refractivity contribution in [2.75, 3.05) is 16.8 Å². The molecule has 3 aromatic rings. The van der Waals surface area contributed by atoms with E-state index in [1.165, 1.54) is 24.3 Å². The van der Waals surface area contributed by atoms with Crippen molar-refractivity contribution in [2.45, 2.75) is 6.92 Å². The first-order chi connectivity index (χ1) is 14.0. The zero-order valence-corrected chi connectivity index (χ0v) is 15.6. The smallest absolute Gasteiger partial charge is 0.270 e. The molecule has 0 fully saturated rings. The lowest BCUT2D eigenvalue weighted by molar-refractivity contribution is -0.384. The van der Waals surface area contributed by atoms with E-state index in [1.807, 2.05) is 19.1 Å². The molecule has 0 unspecified atom stereocenters. The van der Waals surface area contributed by atoms with E-state index in [-0.39, 0.29) is 17.5 Å². The van der Waals surface area contributed by atoms with E-state index in [2.05, 4.69) is 5.32 Å². The number of carbonyl (C=O) groups is 2. The minimum Gasteiger partial charge on any atom is -0.322 e. The van der Waals surface area contributed by atoms with Gasteiger partial charge in [-0.25, -0.2) is 0 Å². The molecule has 0 saturated heterocycles. The molecule has 1 aliphatic heterocycles. The SMILES string of the molecule is CCN1C(=O)c2cccc3c(NC(=O)/C=C\c4cccc([N+](=O)[O-])c4)ccc1c23. The molecule has 3 aromatic carbocycles. The molecule has 0 aliphatic carbocycles. The van der Waals surface area contributed by atoms with Gasteiger partial charge >= 0.3 is 0 Å². The molecular weight excluding hydrogens is 370 g/mol. The number of non-ortho nitro benzene ring substituents is 1. The van der Waals surface area contributed by atoms with Gasteiger partial charge in [0, 0.05) is 46.8 Å². The van der Waals surface area contributed by atoms with Crippen molar-refractivity contribution in [3.63, 3.8) is 0 Å². The van der Waals surface area contributed by atoms with E-state index >= 15 is 0 Å². The molecule has 1 heterocycles. The Bertz CT molecular complexity index is 1200. The number of nitrogens with one attached hydrogen (secondary N) is 1. The number of hydrogen-bond acceptors (Lipinski definition) is 4. The van der Waals surface area contributed by atoms with Crippen molar-refractivity contribution >= 4 is 45.7 Å². The standard InChI is InChI=1S/C22H17N3O4/c1-2-24-19-11-10-18(16-7-4-8-17(21(16)19)22(24)27)23-20(26)12-9-14-5-3-6-15(13-14)25(28)29/h3-13H,2H2,1H3,(H,23,26)/b12-9-. The third-order valence-corrected chi connectivity index (χ3v) is 4.87. The van der Waals surface area contributed by atoms with Crippen molar-refractivity contribution in [2.24, 2.45) is 0 Å². The van der Waals surface area contributed by atoms with Crippen LogP contribution in [0.5, 0.6) is 0 Å². The van der Waals surface area contributed by atoms with Crippen molar-refractivity contribution in [3.05, 3.63) is 81.9 Å². The Morgan fingerprint density at radius 1 is 1.17 bits per heavy atom. The number of amides is 2. The second-order valence-corrected chi connectivity index (χ2v) is 6.58. The van der Waals surface area contributed by atoms with Crippen LogP contribution in [0.4, 0.5) is 17.1 Å². The molecule has 1 aliphatic rings. The molecule has 4 rings (SSSR count). The summed E-state index contributed by atoms with van der Waals surface area (Å²) in [4.78, 5) is 37.1. The molecule has 0 radical (unpaired) electrons. The van der Waals surface area contributed by atoms with Crippen LogP contribution in [0.15, 0.2) is 60.7 Å². The van der Waals surface area contributed by atoms with Gasteiger partial charge in [-0.15, -0.1) is 0 Å². The summed E-state index contributed by atoms with van der Waals surface area (Å²) in [6.45, 7) is 2.49. The van der Waals surface area contributed by atoms with Crippen molar-refractivity contribution < 1.29 is 14.5 Å². The maximum absolute atomic E-state index is 12.6. The Balaban J connectivity index is 1.62. The van der Waals surface area contributed by atoms with Gasteiger partial charge in [-0.3, -0.25) is 19.7 Å². The summed E-state index contributed by atoms with van der Waals surface area (Å²) in [6, 6.07) is 15.1. The van der Waals surface area contributed by atoms with Crippen LogP contribution in [0.3, 0.4) is 0 Å². The first-order valence-electron chi connectivity index (χ1n) is 9.10. The summed E-state index contributed by atoms with van der Waals surface area (Å²) in [6.07, 6.45) is 2.84. The zero-order valence-electron chi connectivity index (χ0n) is 15.6. The fourth-order valence-corrected chi connectivity index (χ4v) is 3.56. The third-order valence-electron chi connectivity index (χ3n) is 4.87. The highest BCUT2D eigenvalue weighted by Gasteiger charge is 2.29. The monoisotopic (exact) mass is 387 g/mol. The van der Waals surface area contributed by atoms with E-state index in [0.29, 0.717) is 23.4 Å². The average molecular weight is 387 g/mol. The summed E-state index contributed by atoms with van der Waals surface area (Å²) >= 11 is 0. The molecule has 7 nitrogen and oxygen atoms in total. The molecular formula is C22H17N3O4. The minimum absolute atomic E-state index is 0.0368. The van der Waals surface area contributed by atoms with Crippen molar-refractivity contribution in [1.29, 1.82) is 0 Å². The molecule has 2 amide bonds. The van der Waals surface area contributed by atoms with Crippen LogP contribution in [0.1, 0.15) is 22.8 Å². The first kappa shape index (κ1) is 18.4. The number of benzene rings is 3. The first-order valence-corrected chi connectivity index (χ1v) is 9.10. The summed E-state index contributed by atoms with van der Waals surface area (Å²) in [7, 11) is 0. The van der Waals surface area contributed by atoms with Crippen LogP contribution in [-0.2, 0) is 4.79 Å². The summed E-state index contributed by atoms with van der Waals surface area (Å²) in [5, 5.41) is 15.3. The predicted molar refractivity (Wildman–Crippen MR) is 112 cm³/mol. The lowest BCUT2D eigenvalue weighted by Gasteiger charge is -2.15. The number of nitro benzene ring substituents is 1. The summed E-state index contributed by atoms with van der Waals surface area (Å²) in [5.41, 5.74) is 2.59. The average Bonchev–Trinajstić information content (AvgIpc) is 3.01. The van der Waals surface area contributed by atoms with E-state index in [0.717, 1.165) is 16.5 Å². The van der Waals surface area contributed by atoms with E-state index in [9.17, 15) is 19.7 Å². The van der Waals surface area contributed by atoms with Crippen molar-refractivity contribution in [1.82, 2.24) is 0 Å². The van der Waals surface area contributed by atoms with Gasteiger partial charge in [0.15, 0.2) is 0 Å². The number of rotatable bonds is 5. The third kappa shape index (κ3) is 3.23. The van der Waals surface area contributed by atoms with Crippen LogP contribution >= 0.6 is 0 Å². The molecule has 0 spiro atoms. The van der Waals surface area contributed by atoms with Gasteiger partial charge in [0.1, 0.15) is 0 Å². The van der Waals surface area contributed by atoms with Crippen molar-refractivity contribution in [3.8, 4) is 0 Å². The highest BCUT2D eigenvalue weighted by molar-refractivity contribution is 6.27. The number of nitro groups is 1. The van der Waals surface area contributed by atoms with E-state index in [1.54, 1.807) is 35.2 Å². The van der Waals surface area contributed by atoms with Gasteiger partial charge in [0.25, 0.3) is 11.6 Å². The maximum Gasteiger partial charge on any atom is 0.270 e.